The molecule has 0 saturated carbocycles. The van der Waals surface area contributed by atoms with E-state index in [0.717, 1.165) is 22.3 Å². The lowest BCUT2D eigenvalue weighted by Crippen LogP contribution is -2.13. The van der Waals surface area contributed by atoms with E-state index in [0.29, 0.717) is 0 Å². The molecule has 2 unspecified atom stereocenters. The van der Waals surface area contributed by atoms with Crippen molar-refractivity contribution in [2.45, 2.75) is 12.2 Å². The Hall–Kier alpha value is -4.72. The van der Waals surface area contributed by atoms with E-state index in [1.807, 2.05) is 12.1 Å². The molecule has 0 bridgehead atoms. The molecule has 6 aromatic carbocycles. The maximum atomic E-state index is 7.09. The molecule has 188 valence electrons. The van der Waals surface area contributed by atoms with Gasteiger partial charge in [-0.3, -0.25) is 0 Å². The first kappa shape index (κ1) is 24.6. The zero-order valence-electron chi connectivity index (χ0n) is 21.7. The SMILES string of the molecule is c1ccc(-c2ccc(C(OC(c3ccccc3)c3ccc(-c4ccccc4)cc3)c3ccccc3)cc2)cc1. The topological polar surface area (TPSA) is 9.23 Å². The summed E-state index contributed by atoms with van der Waals surface area (Å²) in [7, 11) is 0. The van der Waals surface area contributed by atoms with E-state index in [4.69, 9.17) is 4.74 Å². The van der Waals surface area contributed by atoms with E-state index in [2.05, 4.69) is 158 Å². The molecule has 0 radical (unpaired) electrons. The summed E-state index contributed by atoms with van der Waals surface area (Å²) < 4.78 is 7.09. The van der Waals surface area contributed by atoms with Gasteiger partial charge in [0.1, 0.15) is 12.2 Å². The molecule has 2 atom stereocenters. The van der Waals surface area contributed by atoms with Gasteiger partial charge in [-0.25, -0.2) is 0 Å². The molecule has 1 heteroatoms. The Balaban J connectivity index is 1.37. The molecular weight excluding hydrogens is 472 g/mol. The predicted octanol–water partition coefficient (Wildman–Crippen LogP) is 9.92. The van der Waals surface area contributed by atoms with Crippen LogP contribution in [0.5, 0.6) is 0 Å². The van der Waals surface area contributed by atoms with E-state index < -0.39 is 0 Å². The Morgan fingerprint density at radius 1 is 0.256 bits per heavy atom. The minimum Gasteiger partial charge on any atom is -0.356 e. The summed E-state index contributed by atoms with van der Waals surface area (Å²) in [5.74, 6) is 0. The van der Waals surface area contributed by atoms with Gasteiger partial charge >= 0.3 is 0 Å². The van der Waals surface area contributed by atoms with Crippen LogP contribution in [0.2, 0.25) is 0 Å². The number of rotatable bonds is 8. The van der Waals surface area contributed by atoms with Crippen molar-refractivity contribution in [2.24, 2.45) is 0 Å². The molecule has 6 rings (SSSR count). The van der Waals surface area contributed by atoms with Gasteiger partial charge in [-0.15, -0.1) is 0 Å². The molecular formula is C38H30O. The molecule has 0 spiro atoms. The van der Waals surface area contributed by atoms with Gasteiger partial charge in [0, 0.05) is 0 Å². The normalized spacial score (nSPS) is 12.5. The molecule has 1 nitrogen and oxygen atoms in total. The quantitative estimate of drug-likeness (QED) is 0.201. The van der Waals surface area contributed by atoms with Crippen LogP contribution in [0.4, 0.5) is 0 Å². The summed E-state index contributed by atoms with van der Waals surface area (Å²) in [6.45, 7) is 0. The highest BCUT2D eigenvalue weighted by atomic mass is 16.5. The van der Waals surface area contributed by atoms with Crippen LogP contribution in [0.1, 0.15) is 34.5 Å². The third-order valence-corrected chi connectivity index (χ3v) is 7.12. The first-order valence-electron chi connectivity index (χ1n) is 13.4. The number of ether oxygens (including phenoxy) is 1. The van der Waals surface area contributed by atoms with Crippen LogP contribution in [0, 0.1) is 0 Å². The first-order chi connectivity index (χ1) is 19.3. The van der Waals surface area contributed by atoms with Crippen LogP contribution in [0.25, 0.3) is 22.3 Å². The fourth-order valence-corrected chi connectivity index (χ4v) is 5.05. The van der Waals surface area contributed by atoms with Gasteiger partial charge < -0.3 is 4.74 Å². The Kier molecular flexibility index (Phi) is 7.43. The smallest absolute Gasteiger partial charge is 0.109 e. The predicted molar refractivity (Wildman–Crippen MR) is 161 cm³/mol. The first-order valence-corrected chi connectivity index (χ1v) is 13.4. The van der Waals surface area contributed by atoms with Crippen molar-refractivity contribution in [1.29, 1.82) is 0 Å². The lowest BCUT2D eigenvalue weighted by atomic mass is 9.95. The average molecular weight is 503 g/mol. The number of hydrogen-bond acceptors (Lipinski definition) is 1. The van der Waals surface area contributed by atoms with Crippen molar-refractivity contribution < 1.29 is 4.74 Å². The zero-order valence-corrected chi connectivity index (χ0v) is 21.7. The monoisotopic (exact) mass is 502 g/mol. The van der Waals surface area contributed by atoms with Gasteiger partial charge in [0.2, 0.25) is 0 Å². The second-order valence-corrected chi connectivity index (χ2v) is 9.69. The minimum atomic E-state index is -0.227. The molecule has 6 aromatic rings. The molecule has 39 heavy (non-hydrogen) atoms. The zero-order chi connectivity index (χ0) is 26.3. The van der Waals surface area contributed by atoms with E-state index in [-0.39, 0.29) is 12.2 Å². The lowest BCUT2D eigenvalue weighted by molar-refractivity contribution is 0.0309. The van der Waals surface area contributed by atoms with Crippen molar-refractivity contribution in [2.75, 3.05) is 0 Å². The van der Waals surface area contributed by atoms with Gasteiger partial charge in [0.05, 0.1) is 0 Å². The van der Waals surface area contributed by atoms with Crippen LogP contribution in [0.15, 0.2) is 170 Å². The Morgan fingerprint density at radius 2 is 0.513 bits per heavy atom. The molecule has 0 aliphatic heterocycles. The van der Waals surface area contributed by atoms with Gasteiger partial charge in [-0.1, -0.05) is 170 Å². The number of hydrogen-bond donors (Lipinski definition) is 0. The van der Waals surface area contributed by atoms with Crippen LogP contribution in [0.3, 0.4) is 0 Å². The summed E-state index contributed by atoms with van der Waals surface area (Å²) in [6, 6.07) is 59.5. The summed E-state index contributed by atoms with van der Waals surface area (Å²) >= 11 is 0. The summed E-state index contributed by atoms with van der Waals surface area (Å²) in [5, 5.41) is 0. The molecule has 0 fully saturated rings. The lowest BCUT2D eigenvalue weighted by Gasteiger charge is -2.27. The van der Waals surface area contributed by atoms with Crippen LogP contribution in [-0.4, -0.2) is 0 Å². The van der Waals surface area contributed by atoms with E-state index in [9.17, 15) is 0 Å². The minimum absolute atomic E-state index is 0.227. The van der Waals surface area contributed by atoms with Crippen molar-refractivity contribution in [3.05, 3.63) is 192 Å². The van der Waals surface area contributed by atoms with Crippen molar-refractivity contribution in [1.82, 2.24) is 0 Å². The van der Waals surface area contributed by atoms with E-state index >= 15 is 0 Å². The Bertz CT molecular complexity index is 1450. The molecule has 0 N–H and O–H groups in total. The molecule has 0 heterocycles. The van der Waals surface area contributed by atoms with Crippen molar-refractivity contribution in [3.63, 3.8) is 0 Å². The van der Waals surface area contributed by atoms with E-state index in [1.54, 1.807) is 0 Å². The highest BCUT2D eigenvalue weighted by molar-refractivity contribution is 5.64. The second kappa shape index (κ2) is 11.8. The molecule has 0 amide bonds. The molecule has 0 aromatic heterocycles. The standard InChI is InChI=1S/C38H30O/c1-5-13-29(14-6-1)31-21-25-35(26-22-31)37(33-17-9-3-10-18-33)39-38(34-19-11-4-12-20-34)36-27-23-32(24-28-36)30-15-7-2-8-16-30/h1-28,37-38H. The van der Waals surface area contributed by atoms with Crippen molar-refractivity contribution >= 4 is 0 Å². The largest absolute Gasteiger partial charge is 0.356 e. The van der Waals surface area contributed by atoms with E-state index in [1.165, 1.54) is 22.3 Å². The average Bonchev–Trinajstić information content (AvgIpc) is 3.04. The Labute approximate surface area is 231 Å². The molecule has 0 aliphatic rings. The fourth-order valence-electron chi connectivity index (χ4n) is 5.05. The van der Waals surface area contributed by atoms with Gasteiger partial charge in [0.15, 0.2) is 0 Å². The molecule has 0 saturated heterocycles. The van der Waals surface area contributed by atoms with Gasteiger partial charge in [-0.2, -0.15) is 0 Å². The maximum absolute atomic E-state index is 7.09. The molecule has 0 aliphatic carbocycles. The highest BCUT2D eigenvalue weighted by Gasteiger charge is 2.23. The number of benzene rings is 6. The van der Waals surface area contributed by atoms with Crippen LogP contribution >= 0.6 is 0 Å². The van der Waals surface area contributed by atoms with Crippen LogP contribution in [-0.2, 0) is 4.74 Å². The summed E-state index contributed by atoms with van der Waals surface area (Å²) in [6.07, 6.45) is -0.454. The summed E-state index contributed by atoms with van der Waals surface area (Å²) in [5.41, 5.74) is 9.33. The summed E-state index contributed by atoms with van der Waals surface area (Å²) in [4.78, 5) is 0. The highest BCUT2D eigenvalue weighted by Crippen LogP contribution is 2.37. The maximum Gasteiger partial charge on any atom is 0.109 e. The Morgan fingerprint density at radius 3 is 0.846 bits per heavy atom. The van der Waals surface area contributed by atoms with Crippen LogP contribution < -0.4 is 0 Å². The third kappa shape index (κ3) is 5.75. The fraction of sp³-hybridized carbons (Fsp3) is 0.0526. The van der Waals surface area contributed by atoms with Gasteiger partial charge in [-0.05, 0) is 44.5 Å². The second-order valence-electron chi connectivity index (χ2n) is 9.69. The third-order valence-electron chi connectivity index (χ3n) is 7.12. The van der Waals surface area contributed by atoms with Gasteiger partial charge in [0.25, 0.3) is 0 Å². The van der Waals surface area contributed by atoms with Crippen molar-refractivity contribution in [3.8, 4) is 22.3 Å².